The van der Waals surface area contributed by atoms with Gasteiger partial charge in [-0.05, 0) is 34.0 Å². The van der Waals surface area contributed by atoms with Crippen molar-refractivity contribution >= 4 is 34.2 Å². The highest BCUT2D eigenvalue weighted by molar-refractivity contribution is 6.33. The number of benzene rings is 3. The summed E-state index contributed by atoms with van der Waals surface area (Å²) in [5.41, 5.74) is 7.85. The van der Waals surface area contributed by atoms with Crippen molar-refractivity contribution in [3.8, 4) is 0 Å². The summed E-state index contributed by atoms with van der Waals surface area (Å²) in [4.78, 5) is 25.0. The first-order chi connectivity index (χ1) is 13.6. The van der Waals surface area contributed by atoms with Crippen LogP contribution in [0.25, 0.3) is 10.8 Å². The highest BCUT2D eigenvalue weighted by Gasteiger charge is 2.33. The van der Waals surface area contributed by atoms with Gasteiger partial charge < -0.3 is 15.8 Å². The summed E-state index contributed by atoms with van der Waals surface area (Å²) in [5, 5.41) is 5.42. The van der Waals surface area contributed by atoms with Crippen molar-refractivity contribution in [3.63, 3.8) is 0 Å². The number of amides is 1. The number of cyclic esters (lactones) is 1. The summed E-state index contributed by atoms with van der Waals surface area (Å²) >= 11 is 6.08. The molecular formula is C22H19ClN2O3. The van der Waals surface area contributed by atoms with Crippen LogP contribution in [-0.2, 0) is 16.0 Å². The summed E-state index contributed by atoms with van der Waals surface area (Å²) in [6, 6.07) is 18.7. The quantitative estimate of drug-likeness (QED) is 0.664. The van der Waals surface area contributed by atoms with E-state index in [1.54, 1.807) is 18.2 Å². The van der Waals surface area contributed by atoms with E-state index in [0.29, 0.717) is 16.1 Å². The van der Waals surface area contributed by atoms with Crippen molar-refractivity contribution in [1.29, 1.82) is 0 Å². The highest BCUT2D eigenvalue weighted by atomic mass is 35.5. The molecule has 1 amide bonds. The van der Waals surface area contributed by atoms with E-state index in [4.69, 9.17) is 22.1 Å². The molecule has 2 unspecified atom stereocenters. The molecule has 2 atom stereocenters. The van der Waals surface area contributed by atoms with Crippen LogP contribution in [0.5, 0.6) is 0 Å². The summed E-state index contributed by atoms with van der Waals surface area (Å²) < 4.78 is 5.33. The molecule has 1 aliphatic heterocycles. The van der Waals surface area contributed by atoms with E-state index >= 15 is 0 Å². The third kappa shape index (κ3) is 3.46. The Morgan fingerprint density at radius 3 is 2.71 bits per heavy atom. The molecule has 1 heterocycles. The number of hydrogen-bond acceptors (Lipinski definition) is 4. The number of carbonyl (C=O) groups excluding carboxylic acids is 2. The Morgan fingerprint density at radius 2 is 1.93 bits per heavy atom. The molecule has 28 heavy (non-hydrogen) atoms. The standard InChI is InChI=1S/C22H19ClN2O3/c23-17-7-3-6-16-11-19(28-22(27)20(16)17)21(26)25-18(12-24)15-9-8-13-4-1-2-5-14(13)10-15/h1-10,18-19H,11-12,24H2,(H,25,26). The summed E-state index contributed by atoms with van der Waals surface area (Å²) in [5.74, 6) is -0.954. The maximum atomic E-state index is 12.8. The van der Waals surface area contributed by atoms with Crippen LogP contribution in [0.15, 0.2) is 60.7 Å². The van der Waals surface area contributed by atoms with Crippen molar-refractivity contribution in [2.24, 2.45) is 5.73 Å². The van der Waals surface area contributed by atoms with Gasteiger partial charge in [0.15, 0.2) is 6.10 Å². The van der Waals surface area contributed by atoms with E-state index in [1.165, 1.54) is 0 Å². The van der Waals surface area contributed by atoms with Crippen LogP contribution in [0.2, 0.25) is 5.02 Å². The molecule has 3 aromatic carbocycles. The predicted molar refractivity (Wildman–Crippen MR) is 108 cm³/mol. The van der Waals surface area contributed by atoms with Gasteiger partial charge in [-0.3, -0.25) is 4.79 Å². The molecule has 0 aromatic heterocycles. The maximum absolute atomic E-state index is 12.8. The molecule has 5 nitrogen and oxygen atoms in total. The number of nitrogens with one attached hydrogen (secondary N) is 1. The van der Waals surface area contributed by atoms with Gasteiger partial charge in [0.05, 0.1) is 16.6 Å². The molecule has 6 heteroatoms. The fraction of sp³-hybridized carbons (Fsp3) is 0.182. The lowest BCUT2D eigenvalue weighted by atomic mass is 9.97. The first-order valence-electron chi connectivity index (χ1n) is 9.04. The average Bonchev–Trinajstić information content (AvgIpc) is 2.71. The van der Waals surface area contributed by atoms with E-state index < -0.39 is 12.1 Å². The highest BCUT2D eigenvalue weighted by Crippen LogP contribution is 2.28. The third-order valence-corrected chi connectivity index (χ3v) is 5.29. The minimum absolute atomic E-state index is 0.229. The fourth-order valence-corrected chi connectivity index (χ4v) is 3.78. The Hall–Kier alpha value is -2.89. The van der Waals surface area contributed by atoms with Crippen LogP contribution < -0.4 is 11.1 Å². The molecule has 3 aromatic rings. The first kappa shape index (κ1) is 18.5. The summed E-state index contributed by atoms with van der Waals surface area (Å²) in [7, 11) is 0. The Bertz CT molecular complexity index is 1070. The molecule has 1 aliphatic rings. The molecule has 0 spiro atoms. The minimum Gasteiger partial charge on any atom is -0.448 e. The zero-order chi connectivity index (χ0) is 19.7. The Kier molecular flexibility index (Phi) is 5.03. The molecule has 0 saturated heterocycles. The van der Waals surface area contributed by atoms with E-state index in [1.807, 2.05) is 42.5 Å². The largest absolute Gasteiger partial charge is 0.448 e. The van der Waals surface area contributed by atoms with Gasteiger partial charge >= 0.3 is 5.97 Å². The lowest BCUT2D eigenvalue weighted by Crippen LogP contribution is -2.44. The number of ether oxygens (including phenoxy) is 1. The zero-order valence-corrected chi connectivity index (χ0v) is 15.8. The SMILES string of the molecule is NCC(NC(=O)C1Cc2cccc(Cl)c2C(=O)O1)c1ccc2ccccc2c1. The van der Waals surface area contributed by atoms with Crippen LogP contribution in [0, 0.1) is 0 Å². The number of halogens is 1. The van der Waals surface area contributed by atoms with Crippen molar-refractivity contribution < 1.29 is 14.3 Å². The molecule has 0 bridgehead atoms. The summed E-state index contributed by atoms with van der Waals surface area (Å²) in [6.07, 6.45) is -0.629. The second-order valence-corrected chi connectivity index (χ2v) is 7.18. The predicted octanol–water partition coefficient (Wildman–Crippen LogP) is 3.39. The van der Waals surface area contributed by atoms with E-state index in [-0.39, 0.29) is 24.9 Å². The lowest BCUT2D eigenvalue weighted by Gasteiger charge is -2.26. The molecule has 0 radical (unpaired) electrons. The lowest BCUT2D eigenvalue weighted by molar-refractivity contribution is -0.131. The van der Waals surface area contributed by atoms with Crippen LogP contribution >= 0.6 is 11.6 Å². The number of nitrogens with two attached hydrogens (primary N) is 1. The number of fused-ring (bicyclic) bond motifs is 2. The molecule has 142 valence electrons. The van der Waals surface area contributed by atoms with Crippen molar-refractivity contribution in [2.75, 3.05) is 6.54 Å². The number of rotatable bonds is 4. The van der Waals surface area contributed by atoms with E-state index in [9.17, 15) is 9.59 Å². The fourth-order valence-electron chi connectivity index (χ4n) is 3.51. The zero-order valence-electron chi connectivity index (χ0n) is 15.0. The number of esters is 1. The van der Waals surface area contributed by atoms with E-state index in [0.717, 1.165) is 16.3 Å². The van der Waals surface area contributed by atoms with Crippen molar-refractivity contribution in [2.45, 2.75) is 18.6 Å². The van der Waals surface area contributed by atoms with Crippen LogP contribution in [0.1, 0.15) is 27.5 Å². The maximum Gasteiger partial charge on any atom is 0.340 e. The molecule has 3 N–H and O–H groups in total. The van der Waals surface area contributed by atoms with Crippen LogP contribution in [-0.4, -0.2) is 24.5 Å². The Labute approximate surface area is 167 Å². The van der Waals surface area contributed by atoms with Crippen molar-refractivity contribution in [1.82, 2.24) is 5.32 Å². The Balaban J connectivity index is 1.54. The molecule has 0 saturated carbocycles. The van der Waals surface area contributed by atoms with Gasteiger partial charge in [-0.1, -0.05) is 60.1 Å². The molecule has 4 rings (SSSR count). The number of carbonyl (C=O) groups is 2. The van der Waals surface area contributed by atoms with Crippen LogP contribution in [0.3, 0.4) is 0 Å². The van der Waals surface area contributed by atoms with Gasteiger partial charge in [-0.25, -0.2) is 4.79 Å². The average molecular weight is 395 g/mol. The van der Waals surface area contributed by atoms with Crippen molar-refractivity contribution in [3.05, 3.63) is 82.4 Å². The summed E-state index contributed by atoms with van der Waals surface area (Å²) in [6.45, 7) is 0.229. The van der Waals surface area contributed by atoms with E-state index in [2.05, 4.69) is 5.32 Å². The topological polar surface area (TPSA) is 81.4 Å². The van der Waals surface area contributed by atoms with Gasteiger partial charge in [0.1, 0.15) is 0 Å². The molecule has 0 fully saturated rings. The minimum atomic E-state index is -0.909. The second kappa shape index (κ2) is 7.62. The Morgan fingerprint density at radius 1 is 1.14 bits per heavy atom. The monoisotopic (exact) mass is 394 g/mol. The van der Waals surface area contributed by atoms with Gasteiger partial charge in [0.2, 0.25) is 0 Å². The first-order valence-corrected chi connectivity index (χ1v) is 9.42. The van der Waals surface area contributed by atoms with Gasteiger partial charge in [0, 0.05) is 13.0 Å². The smallest absolute Gasteiger partial charge is 0.340 e. The van der Waals surface area contributed by atoms with Crippen LogP contribution in [0.4, 0.5) is 0 Å². The van der Waals surface area contributed by atoms with Gasteiger partial charge in [0.25, 0.3) is 5.91 Å². The van der Waals surface area contributed by atoms with Gasteiger partial charge in [-0.2, -0.15) is 0 Å². The third-order valence-electron chi connectivity index (χ3n) is 4.98. The number of hydrogen-bond donors (Lipinski definition) is 2. The second-order valence-electron chi connectivity index (χ2n) is 6.78. The molecule has 0 aliphatic carbocycles. The normalized spacial score (nSPS) is 16.9. The van der Waals surface area contributed by atoms with Gasteiger partial charge in [-0.15, -0.1) is 0 Å². The molecular weight excluding hydrogens is 376 g/mol.